The summed E-state index contributed by atoms with van der Waals surface area (Å²) in [5.41, 5.74) is 0. The van der Waals surface area contributed by atoms with Gasteiger partial charge >= 0.3 is 0 Å². The molecular formula is C17H12OS3. The van der Waals surface area contributed by atoms with Crippen LogP contribution in [0.2, 0.25) is 0 Å². The fourth-order valence-corrected chi connectivity index (χ4v) is 4.21. The summed E-state index contributed by atoms with van der Waals surface area (Å²) in [6.45, 7) is 0. The Morgan fingerprint density at radius 3 is 2.52 bits per heavy atom. The molecule has 3 heterocycles. The van der Waals surface area contributed by atoms with Crippen molar-refractivity contribution in [2.24, 2.45) is 0 Å². The van der Waals surface area contributed by atoms with Gasteiger partial charge in [0.1, 0.15) is 6.29 Å². The molecule has 3 aromatic rings. The fourth-order valence-electron chi connectivity index (χ4n) is 1.95. The quantitative estimate of drug-likeness (QED) is 0.497. The SMILES string of the molecule is O=CC(Cc1cccs1)c1ccc(C#Cc2cccs2)s1. The third-order valence-electron chi connectivity index (χ3n) is 2.99. The van der Waals surface area contributed by atoms with Crippen molar-refractivity contribution in [3.8, 4) is 11.8 Å². The van der Waals surface area contributed by atoms with E-state index >= 15 is 0 Å². The maximum atomic E-state index is 11.4. The van der Waals surface area contributed by atoms with Gasteiger partial charge in [-0.05, 0) is 53.3 Å². The third kappa shape index (κ3) is 3.70. The molecule has 1 atom stereocenters. The first kappa shape index (κ1) is 14.3. The van der Waals surface area contributed by atoms with E-state index in [1.165, 1.54) is 4.88 Å². The van der Waals surface area contributed by atoms with E-state index < -0.39 is 0 Å². The zero-order valence-electron chi connectivity index (χ0n) is 11.1. The minimum Gasteiger partial charge on any atom is -0.303 e. The first-order valence-electron chi connectivity index (χ1n) is 6.48. The molecule has 1 unspecified atom stereocenters. The molecule has 0 N–H and O–H groups in total. The topological polar surface area (TPSA) is 17.1 Å². The lowest BCUT2D eigenvalue weighted by atomic mass is 10.0. The number of rotatable bonds is 4. The van der Waals surface area contributed by atoms with Crippen LogP contribution in [0.3, 0.4) is 0 Å². The number of carbonyl (C=O) groups excluding carboxylic acids is 1. The summed E-state index contributed by atoms with van der Waals surface area (Å²) in [5, 5.41) is 4.07. The highest BCUT2D eigenvalue weighted by Gasteiger charge is 2.14. The Morgan fingerprint density at radius 2 is 1.81 bits per heavy atom. The van der Waals surface area contributed by atoms with Crippen molar-refractivity contribution in [1.29, 1.82) is 0 Å². The van der Waals surface area contributed by atoms with Crippen LogP contribution in [-0.2, 0) is 11.2 Å². The number of aldehydes is 1. The smallest absolute Gasteiger partial charge is 0.128 e. The van der Waals surface area contributed by atoms with Crippen molar-refractivity contribution >= 4 is 40.3 Å². The average molecular weight is 328 g/mol. The molecule has 3 rings (SSSR count). The van der Waals surface area contributed by atoms with Crippen molar-refractivity contribution in [2.45, 2.75) is 12.3 Å². The van der Waals surface area contributed by atoms with Gasteiger partial charge in [0.2, 0.25) is 0 Å². The molecule has 0 amide bonds. The van der Waals surface area contributed by atoms with Crippen molar-refractivity contribution in [3.05, 3.63) is 66.7 Å². The summed E-state index contributed by atoms with van der Waals surface area (Å²) in [6.07, 6.45) is 1.82. The molecule has 0 saturated carbocycles. The lowest BCUT2D eigenvalue weighted by molar-refractivity contribution is -0.109. The van der Waals surface area contributed by atoms with E-state index in [1.54, 1.807) is 34.0 Å². The lowest BCUT2D eigenvalue weighted by Gasteiger charge is -2.05. The van der Waals surface area contributed by atoms with E-state index in [1.807, 2.05) is 41.1 Å². The molecule has 104 valence electrons. The van der Waals surface area contributed by atoms with Crippen LogP contribution >= 0.6 is 34.0 Å². The molecule has 3 aromatic heterocycles. The molecule has 0 aromatic carbocycles. The molecule has 0 bridgehead atoms. The van der Waals surface area contributed by atoms with Gasteiger partial charge in [0.25, 0.3) is 0 Å². The van der Waals surface area contributed by atoms with Crippen LogP contribution in [0.25, 0.3) is 0 Å². The van der Waals surface area contributed by atoms with E-state index in [4.69, 9.17) is 0 Å². The summed E-state index contributed by atoms with van der Waals surface area (Å²) in [7, 11) is 0. The molecule has 0 aliphatic heterocycles. The van der Waals surface area contributed by atoms with Crippen molar-refractivity contribution in [1.82, 2.24) is 0 Å². The van der Waals surface area contributed by atoms with Gasteiger partial charge in [-0.15, -0.1) is 34.0 Å². The highest BCUT2D eigenvalue weighted by atomic mass is 32.1. The van der Waals surface area contributed by atoms with Crippen LogP contribution < -0.4 is 0 Å². The average Bonchev–Trinajstić information content (AvgIpc) is 3.23. The van der Waals surface area contributed by atoms with Crippen LogP contribution in [-0.4, -0.2) is 6.29 Å². The highest BCUT2D eigenvalue weighted by Crippen LogP contribution is 2.27. The summed E-state index contributed by atoms with van der Waals surface area (Å²) < 4.78 is 0. The van der Waals surface area contributed by atoms with E-state index in [0.717, 1.165) is 27.3 Å². The lowest BCUT2D eigenvalue weighted by Crippen LogP contribution is -2.00. The third-order valence-corrected chi connectivity index (χ3v) is 5.80. The Labute approximate surface area is 135 Å². The summed E-state index contributed by atoms with van der Waals surface area (Å²) in [4.78, 5) is 15.8. The molecule has 0 fully saturated rings. The zero-order chi connectivity index (χ0) is 14.5. The second kappa shape index (κ2) is 6.86. The molecular weight excluding hydrogens is 316 g/mol. The maximum absolute atomic E-state index is 11.4. The van der Waals surface area contributed by atoms with Crippen molar-refractivity contribution in [3.63, 3.8) is 0 Å². The summed E-state index contributed by atoms with van der Waals surface area (Å²) >= 11 is 4.95. The monoisotopic (exact) mass is 328 g/mol. The first-order chi connectivity index (χ1) is 10.3. The molecule has 1 nitrogen and oxygen atoms in total. The van der Waals surface area contributed by atoms with Gasteiger partial charge < -0.3 is 4.79 Å². The molecule has 0 radical (unpaired) electrons. The van der Waals surface area contributed by atoms with Crippen LogP contribution in [0.5, 0.6) is 0 Å². The Kier molecular flexibility index (Phi) is 4.66. The van der Waals surface area contributed by atoms with E-state index in [0.29, 0.717) is 0 Å². The summed E-state index contributed by atoms with van der Waals surface area (Å²) in [6, 6.07) is 12.1. The largest absolute Gasteiger partial charge is 0.303 e. The van der Waals surface area contributed by atoms with Crippen LogP contribution in [0, 0.1) is 11.8 Å². The van der Waals surface area contributed by atoms with Gasteiger partial charge in [0.15, 0.2) is 0 Å². The molecule has 0 aliphatic carbocycles. The van der Waals surface area contributed by atoms with Gasteiger partial charge in [-0.2, -0.15) is 0 Å². The van der Waals surface area contributed by atoms with Crippen LogP contribution in [0.1, 0.15) is 25.4 Å². The van der Waals surface area contributed by atoms with Crippen LogP contribution in [0.4, 0.5) is 0 Å². The summed E-state index contributed by atoms with van der Waals surface area (Å²) in [5.74, 6) is 6.26. The first-order valence-corrected chi connectivity index (χ1v) is 9.05. The van der Waals surface area contributed by atoms with E-state index in [2.05, 4.69) is 17.9 Å². The Morgan fingerprint density at radius 1 is 1.00 bits per heavy atom. The Hall–Kier alpha value is -1.67. The second-order valence-electron chi connectivity index (χ2n) is 4.46. The number of carbonyl (C=O) groups is 1. The molecule has 0 aliphatic rings. The number of hydrogen-bond donors (Lipinski definition) is 0. The predicted molar refractivity (Wildman–Crippen MR) is 91.4 cm³/mol. The number of thiophene rings is 3. The van der Waals surface area contributed by atoms with Gasteiger partial charge in [0, 0.05) is 9.75 Å². The van der Waals surface area contributed by atoms with Gasteiger partial charge in [0.05, 0.1) is 15.7 Å². The standard InChI is InChI=1S/C17H12OS3/c18-12-13(11-16-4-2-10-20-16)17-8-7-15(21-17)6-5-14-3-1-9-19-14/h1-4,7-10,12-13H,11H2. The normalized spacial score (nSPS) is 11.6. The van der Waals surface area contributed by atoms with Crippen molar-refractivity contribution < 1.29 is 4.79 Å². The zero-order valence-corrected chi connectivity index (χ0v) is 13.6. The van der Waals surface area contributed by atoms with Gasteiger partial charge in [-0.3, -0.25) is 0 Å². The predicted octanol–water partition coefficient (Wildman–Crippen LogP) is 4.80. The molecule has 21 heavy (non-hydrogen) atoms. The molecule has 0 saturated heterocycles. The Balaban J connectivity index is 1.75. The molecule has 4 heteroatoms. The molecule has 0 spiro atoms. The van der Waals surface area contributed by atoms with Gasteiger partial charge in [-0.25, -0.2) is 0 Å². The Bertz CT molecular complexity index is 755. The number of hydrogen-bond acceptors (Lipinski definition) is 4. The second-order valence-corrected chi connectivity index (χ2v) is 7.55. The van der Waals surface area contributed by atoms with Crippen molar-refractivity contribution in [2.75, 3.05) is 0 Å². The van der Waals surface area contributed by atoms with Crippen LogP contribution in [0.15, 0.2) is 47.2 Å². The fraction of sp³-hybridized carbons (Fsp3) is 0.118. The van der Waals surface area contributed by atoms with E-state index in [9.17, 15) is 4.79 Å². The maximum Gasteiger partial charge on any atom is 0.128 e. The minimum atomic E-state index is -0.0639. The highest BCUT2D eigenvalue weighted by molar-refractivity contribution is 7.13. The van der Waals surface area contributed by atoms with E-state index in [-0.39, 0.29) is 5.92 Å². The minimum absolute atomic E-state index is 0.0639. The van der Waals surface area contributed by atoms with Gasteiger partial charge in [-0.1, -0.05) is 12.1 Å².